The van der Waals surface area contributed by atoms with Crippen molar-refractivity contribution in [3.05, 3.63) is 47.8 Å². The molecule has 1 aliphatic heterocycles. The van der Waals surface area contributed by atoms with Crippen molar-refractivity contribution in [3.63, 3.8) is 0 Å². The molecule has 2 aliphatic rings. The van der Waals surface area contributed by atoms with Crippen molar-refractivity contribution < 1.29 is 19.4 Å². The number of ether oxygens (including phenoxy) is 2. The average molecular weight is 291 g/mol. The second-order valence-electron chi connectivity index (χ2n) is 5.30. The molecule has 1 aromatic heterocycles. The number of nitrogens with zero attached hydrogens (tertiary/aromatic N) is 1. The number of ketones is 1. The number of carbonyl (C=O) groups excluding carboxylic acids is 1. The summed E-state index contributed by atoms with van der Waals surface area (Å²) in [5.74, 6) is 1.19. The molecule has 1 N–H and O–H groups in total. The van der Waals surface area contributed by atoms with Gasteiger partial charge in [0.05, 0.1) is 0 Å². The molecule has 2 heterocycles. The molecule has 2 aromatic carbocycles. The highest BCUT2D eigenvalue weighted by Crippen LogP contribution is 2.50. The van der Waals surface area contributed by atoms with Crippen LogP contribution in [0, 0.1) is 0 Å². The van der Waals surface area contributed by atoms with E-state index >= 15 is 0 Å². The third-order valence-corrected chi connectivity index (χ3v) is 4.12. The second kappa shape index (κ2) is 3.76. The van der Waals surface area contributed by atoms with E-state index in [0.29, 0.717) is 28.3 Å². The Bertz CT molecular complexity index is 994. The lowest BCUT2D eigenvalue weighted by Gasteiger charge is -2.20. The number of carbonyl (C=O) groups is 1. The van der Waals surface area contributed by atoms with Crippen LogP contribution in [0.1, 0.15) is 16.1 Å². The number of rotatable bonds is 0. The number of phenols is 1. The van der Waals surface area contributed by atoms with E-state index in [-0.39, 0.29) is 18.3 Å². The first-order valence-corrected chi connectivity index (χ1v) is 6.83. The molecule has 5 nitrogen and oxygen atoms in total. The Morgan fingerprint density at radius 1 is 1.09 bits per heavy atom. The Kier molecular flexibility index (Phi) is 1.98. The van der Waals surface area contributed by atoms with Crippen LogP contribution in [0.2, 0.25) is 0 Å². The summed E-state index contributed by atoms with van der Waals surface area (Å²) in [5, 5.41) is 11.4. The van der Waals surface area contributed by atoms with Crippen LogP contribution in [0.4, 0.5) is 0 Å². The van der Waals surface area contributed by atoms with Crippen LogP contribution in [0.15, 0.2) is 36.5 Å². The summed E-state index contributed by atoms with van der Waals surface area (Å²) in [6.07, 6.45) is 1.62. The zero-order valence-corrected chi connectivity index (χ0v) is 11.3. The molecule has 22 heavy (non-hydrogen) atoms. The average Bonchev–Trinajstić information content (AvgIpc) is 2.98. The summed E-state index contributed by atoms with van der Waals surface area (Å²) in [6.45, 7) is 0.142. The van der Waals surface area contributed by atoms with Gasteiger partial charge in [0.25, 0.3) is 0 Å². The number of phenolic OH excluding ortho intramolecular Hbond substituents is 1. The van der Waals surface area contributed by atoms with Crippen molar-refractivity contribution in [3.8, 4) is 28.4 Å². The summed E-state index contributed by atoms with van der Waals surface area (Å²) in [4.78, 5) is 16.9. The normalized spacial score (nSPS) is 14.3. The maximum absolute atomic E-state index is 12.7. The van der Waals surface area contributed by atoms with Gasteiger partial charge in [0.15, 0.2) is 11.5 Å². The molecule has 0 unspecified atom stereocenters. The summed E-state index contributed by atoms with van der Waals surface area (Å²) in [7, 11) is 0. The quantitative estimate of drug-likeness (QED) is 0.539. The smallest absolute Gasteiger partial charge is 0.231 e. The molecule has 1 aliphatic carbocycles. The predicted octanol–water partition coefficient (Wildman–Crippen LogP) is 2.88. The fourth-order valence-electron chi connectivity index (χ4n) is 3.20. The van der Waals surface area contributed by atoms with E-state index in [2.05, 4.69) is 4.98 Å². The van der Waals surface area contributed by atoms with Crippen LogP contribution in [0.25, 0.3) is 21.9 Å². The van der Waals surface area contributed by atoms with Gasteiger partial charge in [-0.15, -0.1) is 0 Å². The summed E-state index contributed by atoms with van der Waals surface area (Å²) >= 11 is 0. The minimum absolute atomic E-state index is 0.101. The molecule has 5 rings (SSSR count). The highest BCUT2D eigenvalue weighted by Gasteiger charge is 2.32. The third kappa shape index (κ3) is 1.28. The first-order valence-electron chi connectivity index (χ1n) is 6.83. The van der Waals surface area contributed by atoms with Crippen LogP contribution in [0.5, 0.6) is 17.2 Å². The molecule has 106 valence electrons. The highest BCUT2D eigenvalue weighted by atomic mass is 16.7. The molecule has 0 saturated carbocycles. The number of hydrogen-bond donors (Lipinski definition) is 1. The number of hydrogen-bond acceptors (Lipinski definition) is 5. The molecule has 3 aromatic rings. The largest absolute Gasteiger partial charge is 0.508 e. The van der Waals surface area contributed by atoms with Gasteiger partial charge in [0.2, 0.25) is 12.6 Å². The lowest BCUT2D eigenvalue weighted by Crippen LogP contribution is -2.12. The molecule has 0 bridgehead atoms. The van der Waals surface area contributed by atoms with Crippen LogP contribution < -0.4 is 9.47 Å². The van der Waals surface area contributed by atoms with Gasteiger partial charge < -0.3 is 14.6 Å². The second-order valence-corrected chi connectivity index (χ2v) is 5.30. The molecular formula is C17H9NO4. The summed E-state index contributed by atoms with van der Waals surface area (Å²) < 4.78 is 11.1. The first kappa shape index (κ1) is 11.6. The van der Waals surface area contributed by atoms with Crippen molar-refractivity contribution in [2.24, 2.45) is 0 Å². The Balaban J connectivity index is 2.05. The molecule has 0 spiro atoms. The van der Waals surface area contributed by atoms with Crippen LogP contribution >= 0.6 is 0 Å². The van der Waals surface area contributed by atoms with Gasteiger partial charge in [-0.05, 0) is 35.7 Å². The van der Waals surface area contributed by atoms with E-state index in [1.54, 1.807) is 18.3 Å². The Morgan fingerprint density at radius 2 is 2.00 bits per heavy atom. The Labute approximate surface area is 124 Å². The van der Waals surface area contributed by atoms with E-state index < -0.39 is 0 Å². The predicted molar refractivity (Wildman–Crippen MR) is 78.4 cm³/mol. The number of pyridine rings is 1. The van der Waals surface area contributed by atoms with E-state index in [4.69, 9.17) is 9.47 Å². The summed E-state index contributed by atoms with van der Waals surface area (Å²) in [6, 6.07) is 8.40. The Hall–Kier alpha value is -3.08. The van der Waals surface area contributed by atoms with Gasteiger partial charge in [-0.1, -0.05) is 0 Å². The molecule has 0 saturated heterocycles. The monoisotopic (exact) mass is 291 g/mol. The molecule has 0 fully saturated rings. The zero-order valence-electron chi connectivity index (χ0n) is 11.3. The van der Waals surface area contributed by atoms with Crippen LogP contribution in [0.3, 0.4) is 0 Å². The van der Waals surface area contributed by atoms with Crippen molar-refractivity contribution in [1.82, 2.24) is 4.98 Å². The topological polar surface area (TPSA) is 68.7 Å². The number of aromatic hydroxyl groups is 1. The first-order chi connectivity index (χ1) is 10.7. The van der Waals surface area contributed by atoms with Crippen molar-refractivity contribution >= 4 is 16.6 Å². The van der Waals surface area contributed by atoms with E-state index in [0.717, 1.165) is 16.3 Å². The summed E-state index contributed by atoms with van der Waals surface area (Å²) in [5.41, 5.74) is 2.33. The van der Waals surface area contributed by atoms with Crippen molar-refractivity contribution in [2.45, 2.75) is 0 Å². The standard InChI is InChI=1S/C17H9NO4/c19-9-1-2-10-11(6-9)14-13-8(3-4-18-15(13)16(10)20)5-12-17(14)22-7-21-12/h1-6,19H,7H2. The van der Waals surface area contributed by atoms with Gasteiger partial charge in [0, 0.05) is 28.3 Å². The van der Waals surface area contributed by atoms with Crippen molar-refractivity contribution in [2.75, 3.05) is 6.79 Å². The van der Waals surface area contributed by atoms with Gasteiger partial charge in [0.1, 0.15) is 11.4 Å². The van der Waals surface area contributed by atoms with Crippen molar-refractivity contribution in [1.29, 1.82) is 0 Å². The lowest BCUT2D eigenvalue weighted by molar-refractivity contribution is 0.103. The van der Waals surface area contributed by atoms with Gasteiger partial charge in [-0.25, -0.2) is 0 Å². The fourth-order valence-corrected chi connectivity index (χ4v) is 3.20. The van der Waals surface area contributed by atoms with E-state index in [9.17, 15) is 9.90 Å². The maximum atomic E-state index is 12.7. The fraction of sp³-hybridized carbons (Fsp3) is 0.0588. The highest BCUT2D eigenvalue weighted by molar-refractivity contribution is 6.26. The minimum atomic E-state index is -0.146. The number of benzene rings is 2. The lowest BCUT2D eigenvalue weighted by atomic mass is 9.84. The van der Waals surface area contributed by atoms with Gasteiger partial charge >= 0.3 is 0 Å². The van der Waals surface area contributed by atoms with E-state index in [1.165, 1.54) is 6.07 Å². The molecule has 0 atom stereocenters. The van der Waals surface area contributed by atoms with Gasteiger partial charge in [-0.2, -0.15) is 0 Å². The number of fused-ring (bicyclic) bond motifs is 4. The SMILES string of the molecule is O=C1c2ccc(O)cc2-c2c3c(cc4ccnc1c24)OCO3. The molecule has 0 amide bonds. The zero-order chi connectivity index (χ0) is 14.8. The maximum Gasteiger partial charge on any atom is 0.231 e. The van der Waals surface area contributed by atoms with Gasteiger partial charge in [-0.3, -0.25) is 9.78 Å². The minimum Gasteiger partial charge on any atom is -0.508 e. The molecule has 5 heteroatoms. The van der Waals surface area contributed by atoms with E-state index in [1.807, 2.05) is 12.1 Å². The number of aromatic nitrogens is 1. The molecule has 0 radical (unpaired) electrons. The third-order valence-electron chi connectivity index (χ3n) is 4.12. The van der Waals surface area contributed by atoms with Crippen LogP contribution in [-0.2, 0) is 0 Å². The molecular weight excluding hydrogens is 282 g/mol. The van der Waals surface area contributed by atoms with Crippen LogP contribution in [-0.4, -0.2) is 22.7 Å². The Morgan fingerprint density at radius 3 is 2.91 bits per heavy atom.